The van der Waals surface area contributed by atoms with E-state index >= 15 is 0 Å². The molecular weight excluding hydrogens is 390 g/mol. The number of rotatable bonds is 3. The molecule has 0 aliphatic heterocycles. The summed E-state index contributed by atoms with van der Waals surface area (Å²) in [6, 6.07) is 5.58. The number of hydrogen-bond donors (Lipinski definition) is 2. The molecule has 1 aliphatic rings. The number of amides is 1. The average Bonchev–Trinajstić information content (AvgIpc) is 2.64. The molecule has 0 bridgehead atoms. The van der Waals surface area contributed by atoms with Crippen molar-refractivity contribution in [3.05, 3.63) is 81.9 Å². The number of benzene rings is 2. The van der Waals surface area contributed by atoms with Crippen LogP contribution in [0.4, 0.5) is 22.4 Å². The highest BCUT2D eigenvalue weighted by molar-refractivity contribution is 6.14. The maximum Gasteiger partial charge on any atom is 0.404 e. The fourth-order valence-electron chi connectivity index (χ4n) is 3.13. The molecule has 0 heterocycles. The van der Waals surface area contributed by atoms with Gasteiger partial charge < -0.3 is 10.4 Å². The van der Waals surface area contributed by atoms with E-state index in [0.717, 1.165) is 24.3 Å². The first kappa shape index (κ1) is 20.3. The van der Waals surface area contributed by atoms with E-state index in [4.69, 9.17) is 5.11 Å². The van der Waals surface area contributed by atoms with Crippen molar-refractivity contribution < 1.29 is 32.3 Å². The van der Waals surface area contributed by atoms with Crippen LogP contribution in [0.1, 0.15) is 24.0 Å². The Balaban J connectivity index is 1.99. The van der Waals surface area contributed by atoms with Gasteiger partial charge in [0, 0.05) is 17.2 Å². The van der Waals surface area contributed by atoms with Crippen molar-refractivity contribution in [2.45, 2.75) is 18.9 Å². The van der Waals surface area contributed by atoms with Crippen molar-refractivity contribution in [2.24, 2.45) is 0 Å². The lowest BCUT2D eigenvalue weighted by Crippen LogP contribution is -2.38. The van der Waals surface area contributed by atoms with Gasteiger partial charge >= 0.3 is 6.09 Å². The van der Waals surface area contributed by atoms with Gasteiger partial charge in [-0.1, -0.05) is 12.1 Å². The Bertz CT molecular complexity index is 973. The normalized spacial score (nSPS) is 19.6. The molecule has 1 amide bonds. The minimum atomic E-state index is -1.29. The van der Waals surface area contributed by atoms with Gasteiger partial charge in [0.25, 0.3) is 0 Å². The SMILES string of the molecule is O=C(O)NC1CC(=Cc2ccc(F)c(F)c2)C(=O)C(=Cc2ccc(F)c(F)c2)C1. The molecule has 2 aromatic carbocycles. The van der Waals surface area contributed by atoms with Crippen molar-refractivity contribution in [2.75, 3.05) is 0 Å². The maximum absolute atomic E-state index is 13.5. The van der Waals surface area contributed by atoms with Crippen LogP contribution in [0.5, 0.6) is 0 Å². The van der Waals surface area contributed by atoms with Crippen LogP contribution in [0.15, 0.2) is 47.5 Å². The molecule has 1 saturated carbocycles. The molecule has 3 rings (SSSR count). The summed E-state index contributed by atoms with van der Waals surface area (Å²) in [5.74, 6) is -4.68. The van der Waals surface area contributed by atoms with Crippen LogP contribution < -0.4 is 5.32 Å². The van der Waals surface area contributed by atoms with Crippen LogP contribution >= 0.6 is 0 Å². The largest absolute Gasteiger partial charge is 0.465 e. The molecule has 0 atom stereocenters. The average molecular weight is 405 g/mol. The molecule has 2 N–H and O–H groups in total. The summed E-state index contributed by atoms with van der Waals surface area (Å²) in [6.45, 7) is 0. The van der Waals surface area contributed by atoms with Crippen molar-refractivity contribution >= 4 is 24.0 Å². The highest BCUT2D eigenvalue weighted by atomic mass is 19.2. The molecular formula is C21H15F4NO3. The van der Waals surface area contributed by atoms with Gasteiger partial charge in [0.05, 0.1) is 0 Å². The molecule has 0 spiro atoms. The summed E-state index contributed by atoms with van der Waals surface area (Å²) < 4.78 is 53.2. The first-order valence-electron chi connectivity index (χ1n) is 8.58. The lowest BCUT2D eigenvalue weighted by atomic mass is 9.83. The van der Waals surface area contributed by atoms with E-state index in [1.54, 1.807) is 0 Å². The van der Waals surface area contributed by atoms with Crippen molar-refractivity contribution in [1.29, 1.82) is 0 Å². The van der Waals surface area contributed by atoms with Gasteiger partial charge in [-0.15, -0.1) is 0 Å². The Kier molecular flexibility index (Phi) is 5.81. The number of hydrogen-bond acceptors (Lipinski definition) is 2. The third-order valence-corrected chi connectivity index (χ3v) is 4.41. The Morgan fingerprint density at radius 3 is 1.69 bits per heavy atom. The number of halogens is 4. The van der Waals surface area contributed by atoms with Gasteiger partial charge in [0.15, 0.2) is 29.1 Å². The smallest absolute Gasteiger partial charge is 0.404 e. The van der Waals surface area contributed by atoms with E-state index in [9.17, 15) is 27.2 Å². The second kappa shape index (κ2) is 8.30. The molecule has 0 unspecified atom stereocenters. The third-order valence-electron chi connectivity index (χ3n) is 4.41. The summed E-state index contributed by atoms with van der Waals surface area (Å²) in [5, 5.41) is 11.3. The molecule has 0 aromatic heterocycles. The number of carbonyl (C=O) groups excluding carboxylic acids is 1. The van der Waals surface area contributed by atoms with Crippen molar-refractivity contribution in [3.8, 4) is 0 Å². The summed E-state index contributed by atoms with van der Waals surface area (Å²) in [4.78, 5) is 23.8. The summed E-state index contributed by atoms with van der Waals surface area (Å²) in [5.41, 5.74) is 0.815. The van der Waals surface area contributed by atoms with E-state index in [1.165, 1.54) is 24.3 Å². The van der Waals surface area contributed by atoms with Gasteiger partial charge in [-0.2, -0.15) is 0 Å². The van der Waals surface area contributed by atoms with Gasteiger partial charge in [-0.3, -0.25) is 4.79 Å². The maximum atomic E-state index is 13.5. The Hall–Kier alpha value is -3.42. The van der Waals surface area contributed by atoms with Crippen molar-refractivity contribution in [1.82, 2.24) is 5.32 Å². The molecule has 150 valence electrons. The fraction of sp³-hybridized carbons (Fsp3) is 0.143. The highest BCUT2D eigenvalue weighted by Gasteiger charge is 2.29. The fourth-order valence-corrected chi connectivity index (χ4v) is 3.13. The van der Waals surface area contributed by atoms with Gasteiger partial charge in [-0.25, -0.2) is 22.4 Å². The predicted molar refractivity (Wildman–Crippen MR) is 97.9 cm³/mol. The minimum Gasteiger partial charge on any atom is -0.465 e. The molecule has 29 heavy (non-hydrogen) atoms. The molecule has 8 heteroatoms. The van der Waals surface area contributed by atoms with Crippen LogP contribution in [-0.2, 0) is 4.79 Å². The van der Waals surface area contributed by atoms with Gasteiger partial charge in [0.1, 0.15) is 0 Å². The van der Waals surface area contributed by atoms with E-state index in [2.05, 4.69) is 5.32 Å². The zero-order chi connectivity index (χ0) is 21.1. The number of carboxylic acid groups (broad SMARTS) is 1. The molecule has 4 nitrogen and oxygen atoms in total. The molecule has 2 aromatic rings. The Morgan fingerprint density at radius 1 is 0.862 bits per heavy atom. The highest BCUT2D eigenvalue weighted by Crippen LogP contribution is 2.29. The third kappa shape index (κ3) is 4.90. The number of ketones is 1. The van der Waals surface area contributed by atoms with Crippen molar-refractivity contribution in [3.63, 3.8) is 0 Å². The van der Waals surface area contributed by atoms with E-state index in [1.807, 2.05) is 0 Å². The lowest BCUT2D eigenvalue weighted by Gasteiger charge is -2.25. The second-order valence-electron chi connectivity index (χ2n) is 6.57. The van der Waals surface area contributed by atoms with Crippen LogP contribution in [0, 0.1) is 23.3 Å². The topological polar surface area (TPSA) is 66.4 Å². The first-order chi connectivity index (χ1) is 13.7. The summed E-state index contributed by atoms with van der Waals surface area (Å²) in [7, 11) is 0. The van der Waals surface area contributed by atoms with Gasteiger partial charge in [-0.05, 0) is 60.4 Å². The second-order valence-corrected chi connectivity index (χ2v) is 6.57. The van der Waals surface area contributed by atoms with E-state index in [-0.39, 0.29) is 35.1 Å². The van der Waals surface area contributed by atoms with Crippen LogP contribution in [0.25, 0.3) is 12.2 Å². The zero-order valence-corrected chi connectivity index (χ0v) is 14.9. The molecule has 0 radical (unpaired) electrons. The lowest BCUT2D eigenvalue weighted by molar-refractivity contribution is -0.113. The van der Waals surface area contributed by atoms with Crippen LogP contribution in [0.2, 0.25) is 0 Å². The predicted octanol–water partition coefficient (Wildman–Crippen LogP) is 4.71. The standard InChI is InChI=1S/C21H15F4NO3/c22-16-3-1-11(7-18(16)24)5-13-9-15(26-21(28)29)10-14(20(13)27)6-12-2-4-17(23)19(25)8-12/h1-8,15,26H,9-10H2,(H,28,29). The number of nitrogens with one attached hydrogen (secondary N) is 1. The van der Waals surface area contributed by atoms with E-state index < -0.39 is 41.2 Å². The van der Waals surface area contributed by atoms with Gasteiger partial charge in [0.2, 0.25) is 0 Å². The van der Waals surface area contributed by atoms with Crippen LogP contribution in [-0.4, -0.2) is 23.0 Å². The quantitative estimate of drug-likeness (QED) is 0.574. The molecule has 1 fully saturated rings. The number of Topliss-reactive ketones (excluding diaryl/α,β-unsaturated/α-hetero) is 1. The summed E-state index contributed by atoms with van der Waals surface area (Å²) in [6.07, 6.45) is 1.49. The minimum absolute atomic E-state index is 0.0409. The zero-order valence-electron chi connectivity index (χ0n) is 14.9. The van der Waals surface area contributed by atoms with Crippen LogP contribution in [0.3, 0.4) is 0 Å². The molecule has 1 aliphatic carbocycles. The summed E-state index contributed by atoms with van der Waals surface area (Å²) >= 11 is 0. The monoisotopic (exact) mass is 405 g/mol. The molecule has 0 saturated heterocycles. The first-order valence-corrected chi connectivity index (χ1v) is 8.58. The van der Waals surface area contributed by atoms with E-state index in [0.29, 0.717) is 0 Å². The Morgan fingerprint density at radius 2 is 1.31 bits per heavy atom. The number of carbonyl (C=O) groups is 2. The Labute approximate surface area is 163 Å².